The summed E-state index contributed by atoms with van der Waals surface area (Å²) in [7, 11) is 0. The average Bonchev–Trinajstić information content (AvgIpc) is 3.61. The van der Waals surface area contributed by atoms with E-state index in [1.54, 1.807) is 13.1 Å². The summed E-state index contributed by atoms with van der Waals surface area (Å²) in [5.74, 6) is -1.39. The molecule has 0 saturated carbocycles. The first-order valence-corrected chi connectivity index (χ1v) is 15.1. The summed E-state index contributed by atoms with van der Waals surface area (Å²) in [6.45, 7) is 1.99. The van der Waals surface area contributed by atoms with E-state index in [4.69, 9.17) is 9.47 Å². The van der Waals surface area contributed by atoms with Crippen molar-refractivity contribution < 1.29 is 28.7 Å². The van der Waals surface area contributed by atoms with Gasteiger partial charge in [-0.05, 0) is 30.0 Å². The third kappa shape index (κ3) is 9.12. The van der Waals surface area contributed by atoms with Crippen LogP contribution in [-0.4, -0.2) is 64.0 Å². The molecule has 0 aliphatic carbocycles. The topological polar surface area (TPSA) is 155 Å². The van der Waals surface area contributed by atoms with E-state index in [2.05, 4.69) is 25.9 Å². The van der Waals surface area contributed by atoms with Crippen LogP contribution >= 0.6 is 0 Å². The van der Waals surface area contributed by atoms with Crippen molar-refractivity contribution in [2.24, 2.45) is 0 Å². The van der Waals surface area contributed by atoms with Crippen LogP contribution in [0.15, 0.2) is 104 Å². The van der Waals surface area contributed by atoms with Crippen LogP contribution in [0.5, 0.6) is 0 Å². The second-order valence-electron chi connectivity index (χ2n) is 11.4. The maximum atomic E-state index is 13.9. The van der Waals surface area contributed by atoms with Crippen LogP contribution in [0, 0.1) is 0 Å². The van der Waals surface area contributed by atoms with Crippen LogP contribution < -0.4 is 16.0 Å². The van der Waals surface area contributed by atoms with E-state index < -0.39 is 41.6 Å². The van der Waals surface area contributed by atoms with Gasteiger partial charge < -0.3 is 30.4 Å². The minimum absolute atomic E-state index is 0.0174. The number of nitrogens with one attached hydrogen (secondary N) is 4. The minimum atomic E-state index is -1.10. The van der Waals surface area contributed by atoms with E-state index >= 15 is 0 Å². The normalized spacial score (nSPS) is 17.2. The second-order valence-corrected chi connectivity index (χ2v) is 11.4. The lowest BCUT2D eigenvalue weighted by Gasteiger charge is -2.26. The SMILES string of the molecule is CC1(C(=O)[C@H](Cc2ccccc2)NC(=O)[C@H](Cc2ccccc2)NC(=O)[C@H](Cc2cnc[nH]2)NC(=O)OCc2ccccc2)CO1. The highest BCUT2D eigenvalue weighted by Gasteiger charge is 2.50. The van der Waals surface area contributed by atoms with Crippen LogP contribution in [0.1, 0.15) is 29.3 Å². The predicted molar refractivity (Wildman–Crippen MR) is 169 cm³/mol. The molecule has 1 saturated heterocycles. The van der Waals surface area contributed by atoms with E-state index in [1.165, 1.54) is 6.33 Å². The number of ketones is 1. The fraction of sp³-hybridized carbons (Fsp3) is 0.286. The maximum Gasteiger partial charge on any atom is 0.408 e. The van der Waals surface area contributed by atoms with Gasteiger partial charge in [-0.2, -0.15) is 0 Å². The number of aromatic amines is 1. The number of amides is 3. The van der Waals surface area contributed by atoms with Crippen molar-refractivity contribution in [3.63, 3.8) is 0 Å². The van der Waals surface area contributed by atoms with Gasteiger partial charge >= 0.3 is 6.09 Å². The number of carbonyl (C=O) groups is 4. The monoisotopic (exact) mass is 623 g/mol. The molecule has 11 nitrogen and oxygen atoms in total. The van der Waals surface area contributed by atoms with Crippen LogP contribution in [0.25, 0.3) is 0 Å². The molecule has 46 heavy (non-hydrogen) atoms. The van der Waals surface area contributed by atoms with E-state index in [-0.39, 0.29) is 38.3 Å². The molecule has 2 heterocycles. The van der Waals surface area contributed by atoms with Crippen molar-refractivity contribution in [1.82, 2.24) is 25.9 Å². The number of alkyl carbamates (subject to hydrolysis) is 1. The highest BCUT2D eigenvalue weighted by molar-refractivity contribution is 5.98. The zero-order chi connectivity index (χ0) is 32.4. The molecule has 0 spiro atoms. The molecule has 11 heteroatoms. The third-order valence-corrected chi connectivity index (χ3v) is 7.73. The van der Waals surface area contributed by atoms with Gasteiger partial charge in [0.25, 0.3) is 0 Å². The molecule has 1 fully saturated rings. The smallest absolute Gasteiger partial charge is 0.408 e. The summed E-state index contributed by atoms with van der Waals surface area (Å²) >= 11 is 0. The first-order chi connectivity index (χ1) is 22.3. The fourth-order valence-corrected chi connectivity index (χ4v) is 5.01. The van der Waals surface area contributed by atoms with Crippen molar-refractivity contribution in [3.8, 4) is 0 Å². The Labute approximate surface area is 267 Å². The fourth-order valence-electron chi connectivity index (χ4n) is 5.01. The number of aromatic nitrogens is 2. The Balaban J connectivity index is 1.33. The predicted octanol–water partition coefficient (Wildman–Crippen LogP) is 3.06. The van der Waals surface area contributed by atoms with E-state index in [1.807, 2.05) is 91.0 Å². The van der Waals surface area contributed by atoms with Crippen molar-refractivity contribution in [2.75, 3.05) is 6.61 Å². The molecule has 1 unspecified atom stereocenters. The van der Waals surface area contributed by atoms with Gasteiger partial charge in [0.05, 0.1) is 19.0 Å². The Morgan fingerprint density at radius 2 is 1.26 bits per heavy atom. The molecule has 4 aromatic rings. The summed E-state index contributed by atoms with van der Waals surface area (Å²) in [5, 5.41) is 8.34. The number of hydrogen-bond donors (Lipinski definition) is 4. The molecule has 1 aliphatic rings. The van der Waals surface area contributed by atoms with E-state index in [9.17, 15) is 19.2 Å². The number of Topliss-reactive ketones (excluding diaryl/α,β-unsaturated/α-hetero) is 1. The summed E-state index contributed by atoms with van der Waals surface area (Å²) in [4.78, 5) is 60.9. The van der Waals surface area contributed by atoms with Crippen molar-refractivity contribution >= 4 is 23.7 Å². The Bertz CT molecular complexity index is 1590. The van der Waals surface area contributed by atoms with Gasteiger partial charge in [-0.1, -0.05) is 91.0 Å². The molecule has 238 valence electrons. The summed E-state index contributed by atoms with van der Waals surface area (Å²) in [5.41, 5.74) is 2.08. The molecular weight excluding hydrogens is 586 g/mol. The average molecular weight is 624 g/mol. The lowest BCUT2D eigenvalue weighted by atomic mass is 9.94. The van der Waals surface area contributed by atoms with Gasteiger partial charge in [-0.15, -0.1) is 0 Å². The molecule has 4 atom stereocenters. The first-order valence-electron chi connectivity index (χ1n) is 15.1. The van der Waals surface area contributed by atoms with Crippen molar-refractivity contribution in [1.29, 1.82) is 0 Å². The van der Waals surface area contributed by atoms with Crippen LogP contribution in [0.4, 0.5) is 4.79 Å². The van der Waals surface area contributed by atoms with Crippen LogP contribution in [0.2, 0.25) is 0 Å². The quantitative estimate of drug-likeness (QED) is 0.148. The van der Waals surface area contributed by atoms with E-state index in [0.717, 1.165) is 16.7 Å². The van der Waals surface area contributed by atoms with Gasteiger partial charge in [-0.25, -0.2) is 9.78 Å². The lowest BCUT2D eigenvalue weighted by Crippen LogP contribution is -2.58. The largest absolute Gasteiger partial charge is 0.445 e. The van der Waals surface area contributed by atoms with Gasteiger partial charge in [0.2, 0.25) is 11.8 Å². The number of imidazole rings is 1. The standard InChI is InChI=1S/C35H37N5O6/c1-35(22-46-35)31(41)28(17-24-11-5-2-6-12-24)38-32(42)29(18-25-13-7-3-8-14-25)39-33(43)30(19-27-20-36-23-37-27)40-34(44)45-21-26-15-9-4-10-16-26/h2-16,20,23,28-30H,17-19,21-22H2,1H3,(H,36,37)(H,38,42)(H,39,43)(H,40,44)/t28-,29-,30-,35?/m0/s1. The van der Waals surface area contributed by atoms with Crippen LogP contribution in [-0.2, 0) is 49.7 Å². The molecule has 4 N–H and O–H groups in total. The van der Waals surface area contributed by atoms with Gasteiger partial charge in [0, 0.05) is 24.7 Å². The van der Waals surface area contributed by atoms with Gasteiger partial charge in [0.1, 0.15) is 24.3 Å². The van der Waals surface area contributed by atoms with Crippen molar-refractivity contribution in [2.45, 2.75) is 56.5 Å². The maximum absolute atomic E-state index is 13.9. The number of H-pyrrole nitrogens is 1. The Morgan fingerprint density at radius 3 is 1.78 bits per heavy atom. The first kappa shape index (κ1) is 32.1. The number of carbonyl (C=O) groups excluding carboxylic acids is 4. The molecule has 0 bridgehead atoms. The summed E-state index contributed by atoms with van der Waals surface area (Å²) in [6.07, 6.45) is 2.69. The highest BCUT2D eigenvalue weighted by Crippen LogP contribution is 2.29. The zero-order valence-electron chi connectivity index (χ0n) is 25.5. The molecular formula is C35H37N5O6. The number of rotatable bonds is 15. The zero-order valence-corrected chi connectivity index (χ0v) is 25.5. The lowest BCUT2D eigenvalue weighted by molar-refractivity contribution is -0.133. The van der Waals surface area contributed by atoms with Crippen LogP contribution in [0.3, 0.4) is 0 Å². The van der Waals surface area contributed by atoms with Gasteiger partial charge in [0.15, 0.2) is 5.78 Å². The number of epoxide rings is 1. The molecule has 3 aromatic carbocycles. The molecule has 3 amide bonds. The molecule has 5 rings (SSSR count). The molecule has 1 aliphatic heterocycles. The van der Waals surface area contributed by atoms with Gasteiger partial charge in [-0.3, -0.25) is 14.4 Å². The van der Waals surface area contributed by atoms with E-state index in [0.29, 0.717) is 5.69 Å². The third-order valence-electron chi connectivity index (χ3n) is 7.73. The Morgan fingerprint density at radius 1 is 0.761 bits per heavy atom. The number of hydrogen-bond acceptors (Lipinski definition) is 7. The Hall–Kier alpha value is -5.29. The minimum Gasteiger partial charge on any atom is -0.445 e. The number of ether oxygens (including phenoxy) is 2. The number of benzene rings is 3. The Kier molecular flexibility index (Phi) is 10.6. The highest BCUT2D eigenvalue weighted by atomic mass is 16.6. The summed E-state index contributed by atoms with van der Waals surface area (Å²) in [6, 6.07) is 24.7. The second kappa shape index (κ2) is 15.1. The molecule has 1 aromatic heterocycles. The van der Waals surface area contributed by atoms with Crippen molar-refractivity contribution in [3.05, 3.63) is 126 Å². The molecule has 0 radical (unpaired) electrons. The number of nitrogens with zero attached hydrogens (tertiary/aromatic N) is 1. The summed E-state index contributed by atoms with van der Waals surface area (Å²) < 4.78 is 10.8.